The van der Waals surface area contributed by atoms with Gasteiger partial charge in [-0.3, -0.25) is 9.59 Å². The number of amides is 2. The number of hydrogen-bond acceptors (Lipinski definition) is 3. The summed E-state index contributed by atoms with van der Waals surface area (Å²) in [6.45, 7) is 0.815. The minimum absolute atomic E-state index is 0.0489. The molecule has 4 N–H and O–H groups in total. The van der Waals surface area contributed by atoms with Gasteiger partial charge in [0.05, 0.1) is 12.5 Å². The molecule has 5 heteroatoms. The number of hydrogen-bond donors (Lipinski definition) is 2. The summed E-state index contributed by atoms with van der Waals surface area (Å²) in [5.41, 5.74) is 10.9. The van der Waals surface area contributed by atoms with Crippen molar-refractivity contribution in [2.45, 2.75) is 63.5 Å². The van der Waals surface area contributed by atoms with Crippen molar-refractivity contribution >= 4 is 11.8 Å². The first-order chi connectivity index (χ1) is 9.08. The summed E-state index contributed by atoms with van der Waals surface area (Å²) in [6.07, 6.45) is 8.36. The summed E-state index contributed by atoms with van der Waals surface area (Å²) in [7, 11) is 0. The molecule has 19 heavy (non-hydrogen) atoms. The van der Waals surface area contributed by atoms with E-state index < -0.39 is 11.9 Å². The maximum atomic E-state index is 12.3. The minimum atomic E-state index is -0.762. The first-order valence-electron chi connectivity index (χ1n) is 7.42. The van der Waals surface area contributed by atoms with E-state index in [0.29, 0.717) is 12.0 Å². The molecule has 2 saturated carbocycles. The summed E-state index contributed by atoms with van der Waals surface area (Å²) in [4.78, 5) is 25.1. The van der Waals surface area contributed by atoms with Gasteiger partial charge in [0, 0.05) is 12.6 Å². The molecule has 0 spiro atoms. The lowest BCUT2D eigenvalue weighted by Crippen LogP contribution is -2.48. The molecule has 2 aliphatic carbocycles. The van der Waals surface area contributed by atoms with Gasteiger partial charge in [-0.2, -0.15) is 0 Å². The van der Waals surface area contributed by atoms with Crippen LogP contribution in [0.1, 0.15) is 51.4 Å². The quantitative estimate of drug-likeness (QED) is 0.744. The monoisotopic (exact) mass is 267 g/mol. The Labute approximate surface area is 114 Å². The van der Waals surface area contributed by atoms with Crippen molar-refractivity contribution in [2.75, 3.05) is 6.54 Å². The molecule has 0 saturated heterocycles. The second-order valence-corrected chi connectivity index (χ2v) is 6.00. The van der Waals surface area contributed by atoms with Crippen LogP contribution in [-0.2, 0) is 9.59 Å². The maximum absolute atomic E-state index is 12.3. The summed E-state index contributed by atoms with van der Waals surface area (Å²) in [5.74, 6) is 0.0141. The molecule has 2 aliphatic rings. The molecule has 2 fully saturated rings. The first kappa shape index (κ1) is 14.3. The van der Waals surface area contributed by atoms with Crippen LogP contribution >= 0.6 is 0 Å². The molecule has 1 atom stereocenters. The lowest BCUT2D eigenvalue weighted by Gasteiger charge is -2.31. The fourth-order valence-electron chi connectivity index (χ4n) is 2.97. The number of primary amides is 1. The fourth-order valence-corrected chi connectivity index (χ4v) is 2.97. The van der Waals surface area contributed by atoms with E-state index in [2.05, 4.69) is 0 Å². The van der Waals surface area contributed by atoms with Gasteiger partial charge in [0.15, 0.2) is 0 Å². The molecular formula is C14H25N3O2. The lowest BCUT2D eigenvalue weighted by atomic mass is 9.88. The molecule has 0 radical (unpaired) electrons. The topological polar surface area (TPSA) is 89.4 Å². The van der Waals surface area contributed by atoms with Crippen molar-refractivity contribution in [1.29, 1.82) is 0 Å². The Morgan fingerprint density at radius 1 is 1.11 bits per heavy atom. The number of carbonyl (C=O) groups is 2. The normalized spacial score (nSPS) is 21.9. The number of nitrogens with two attached hydrogens (primary N) is 2. The van der Waals surface area contributed by atoms with Gasteiger partial charge in [-0.1, -0.05) is 19.3 Å². The molecular weight excluding hydrogens is 242 g/mol. The Morgan fingerprint density at radius 3 is 2.26 bits per heavy atom. The predicted molar refractivity (Wildman–Crippen MR) is 73.1 cm³/mol. The highest BCUT2D eigenvalue weighted by molar-refractivity contribution is 5.87. The zero-order chi connectivity index (χ0) is 13.8. The minimum Gasteiger partial charge on any atom is -0.370 e. The van der Waals surface area contributed by atoms with Crippen LogP contribution in [-0.4, -0.2) is 35.3 Å². The average molecular weight is 267 g/mol. The molecule has 0 aromatic rings. The summed E-state index contributed by atoms with van der Waals surface area (Å²) < 4.78 is 0. The largest absolute Gasteiger partial charge is 0.370 e. The van der Waals surface area contributed by atoms with Crippen LogP contribution in [0.25, 0.3) is 0 Å². The SMILES string of the molecule is NC(=O)CC(N)C(=O)N(CC1CCCCC1)C1CC1. The molecule has 0 aliphatic heterocycles. The van der Waals surface area contributed by atoms with E-state index in [1.165, 1.54) is 32.1 Å². The summed E-state index contributed by atoms with van der Waals surface area (Å²) in [6, 6.07) is -0.407. The van der Waals surface area contributed by atoms with Crippen molar-refractivity contribution in [3.05, 3.63) is 0 Å². The summed E-state index contributed by atoms with van der Waals surface area (Å²) >= 11 is 0. The molecule has 2 amide bonds. The second-order valence-electron chi connectivity index (χ2n) is 6.00. The lowest BCUT2D eigenvalue weighted by molar-refractivity contribution is -0.136. The molecule has 5 nitrogen and oxygen atoms in total. The Kier molecular flexibility index (Phi) is 4.80. The van der Waals surface area contributed by atoms with E-state index in [1.807, 2.05) is 4.90 Å². The van der Waals surface area contributed by atoms with Crippen molar-refractivity contribution < 1.29 is 9.59 Å². The van der Waals surface area contributed by atoms with E-state index >= 15 is 0 Å². The molecule has 0 aromatic heterocycles. The van der Waals surface area contributed by atoms with Crippen molar-refractivity contribution in [3.63, 3.8) is 0 Å². The summed E-state index contributed by atoms with van der Waals surface area (Å²) in [5, 5.41) is 0. The third-order valence-corrected chi connectivity index (χ3v) is 4.19. The third-order valence-electron chi connectivity index (χ3n) is 4.19. The highest BCUT2D eigenvalue weighted by Gasteiger charge is 2.36. The van der Waals surface area contributed by atoms with E-state index in [4.69, 9.17) is 11.5 Å². The third kappa shape index (κ3) is 4.20. The van der Waals surface area contributed by atoms with E-state index in [0.717, 1.165) is 19.4 Å². The number of nitrogens with zero attached hydrogens (tertiary/aromatic N) is 1. The van der Waals surface area contributed by atoms with E-state index in [-0.39, 0.29) is 12.3 Å². The Morgan fingerprint density at radius 2 is 1.74 bits per heavy atom. The Balaban J connectivity index is 1.90. The van der Waals surface area contributed by atoms with Gasteiger partial charge in [0.25, 0.3) is 0 Å². The Hall–Kier alpha value is -1.10. The zero-order valence-corrected chi connectivity index (χ0v) is 11.5. The first-order valence-corrected chi connectivity index (χ1v) is 7.42. The van der Waals surface area contributed by atoms with Crippen LogP contribution in [0.5, 0.6) is 0 Å². The smallest absolute Gasteiger partial charge is 0.240 e. The van der Waals surface area contributed by atoms with E-state index in [9.17, 15) is 9.59 Å². The van der Waals surface area contributed by atoms with Gasteiger partial charge in [-0.15, -0.1) is 0 Å². The molecule has 0 aromatic carbocycles. The van der Waals surface area contributed by atoms with Crippen LogP contribution in [0, 0.1) is 5.92 Å². The van der Waals surface area contributed by atoms with Crippen molar-refractivity contribution in [2.24, 2.45) is 17.4 Å². The highest BCUT2D eigenvalue weighted by atomic mass is 16.2. The molecule has 0 heterocycles. The predicted octanol–water partition coefficient (Wildman–Crippen LogP) is 0.760. The number of rotatable bonds is 6. The van der Waals surface area contributed by atoms with Gasteiger partial charge in [-0.25, -0.2) is 0 Å². The van der Waals surface area contributed by atoms with Crippen molar-refractivity contribution in [1.82, 2.24) is 4.90 Å². The standard InChI is InChI=1S/C14H25N3O2/c15-12(8-13(16)18)14(19)17(11-6-7-11)9-10-4-2-1-3-5-10/h10-12H,1-9,15H2,(H2,16,18). The van der Waals surface area contributed by atoms with Gasteiger partial charge < -0.3 is 16.4 Å². The van der Waals surface area contributed by atoms with Gasteiger partial charge in [-0.05, 0) is 31.6 Å². The van der Waals surface area contributed by atoms with Gasteiger partial charge in [0.2, 0.25) is 11.8 Å². The zero-order valence-electron chi connectivity index (χ0n) is 11.5. The fraction of sp³-hybridized carbons (Fsp3) is 0.857. The Bertz CT molecular complexity index is 336. The van der Waals surface area contributed by atoms with Crippen molar-refractivity contribution in [3.8, 4) is 0 Å². The van der Waals surface area contributed by atoms with Crippen LogP contribution in [0.2, 0.25) is 0 Å². The van der Waals surface area contributed by atoms with Gasteiger partial charge >= 0.3 is 0 Å². The molecule has 2 rings (SSSR count). The highest BCUT2D eigenvalue weighted by Crippen LogP contribution is 2.31. The molecule has 0 bridgehead atoms. The second kappa shape index (κ2) is 6.37. The molecule has 108 valence electrons. The van der Waals surface area contributed by atoms with Crippen LogP contribution in [0.4, 0.5) is 0 Å². The van der Waals surface area contributed by atoms with Crippen LogP contribution in [0.15, 0.2) is 0 Å². The molecule has 1 unspecified atom stereocenters. The van der Waals surface area contributed by atoms with Gasteiger partial charge in [0.1, 0.15) is 0 Å². The van der Waals surface area contributed by atoms with Crippen LogP contribution < -0.4 is 11.5 Å². The van der Waals surface area contributed by atoms with E-state index in [1.54, 1.807) is 0 Å². The maximum Gasteiger partial charge on any atom is 0.240 e. The van der Waals surface area contributed by atoms with Crippen LogP contribution in [0.3, 0.4) is 0 Å². The average Bonchev–Trinajstić information content (AvgIpc) is 3.20. The number of carbonyl (C=O) groups excluding carboxylic acids is 2.